The second-order valence-corrected chi connectivity index (χ2v) is 4.01. The van der Waals surface area contributed by atoms with E-state index in [0.717, 1.165) is 5.56 Å². The highest BCUT2D eigenvalue weighted by Crippen LogP contribution is 2.20. The van der Waals surface area contributed by atoms with Gasteiger partial charge in [0, 0.05) is 12.2 Å². The van der Waals surface area contributed by atoms with Gasteiger partial charge in [0.1, 0.15) is 23.5 Å². The Morgan fingerprint density at radius 2 is 2.05 bits per heavy atom. The second-order valence-electron chi connectivity index (χ2n) is 4.01. The van der Waals surface area contributed by atoms with Crippen LogP contribution in [0.2, 0.25) is 0 Å². The number of benzene rings is 1. The standard InChI is InChI=1S/C13H12FN3O2/c1-8(9-2-4-10(14)5-3-9)17-12-11(13(18)19)6-15-7-16-12/h2-8H,1H3,(H,18,19)(H,15,16,17). The van der Waals surface area contributed by atoms with Crippen molar-refractivity contribution in [3.05, 3.63) is 53.7 Å². The van der Waals surface area contributed by atoms with E-state index in [9.17, 15) is 9.18 Å². The van der Waals surface area contributed by atoms with E-state index in [0.29, 0.717) is 0 Å². The van der Waals surface area contributed by atoms with Crippen LogP contribution in [0.3, 0.4) is 0 Å². The summed E-state index contributed by atoms with van der Waals surface area (Å²) in [6, 6.07) is 5.77. The van der Waals surface area contributed by atoms with Crippen molar-refractivity contribution in [2.75, 3.05) is 5.32 Å². The molecule has 1 unspecified atom stereocenters. The maximum Gasteiger partial charge on any atom is 0.341 e. The first-order valence-electron chi connectivity index (χ1n) is 5.63. The number of hydrogen-bond donors (Lipinski definition) is 2. The topological polar surface area (TPSA) is 75.1 Å². The minimum Gasteiger partial charge on any atom is -0.477 e. The molecule has 5 nitrogen and oxygen atoms in total. The van der Waals surface area contributed by atoms with Crippen LogP contribution in [0.5, 0.6) is 0 Å². The maximum absolute atomic E-state index is 12.8. The minimum absolute atomic E-state index is 0.00328. The fourth-order valence-electron chi connectivity index (χ4n) is 1.64. The SMILES string of the molecule is CC(Nc1ncncc1C(=O)O)c1ccc(F)cc1. The predicted octanol–water partition coefficient (Wildman–Crippen LogP) is 2.49. The van der Waals surface area contributed by atoms with Gasteiger partial charge in [0.2, 0.25) is 0 Å². The first-order chi connectivity index (χ1) is 9.08. The average Bonchev–Trinajstić information content (AvgIpc) is 2.39. The lowest BCUT2D eigenvalue weighted by Gasteiger charge is -2.15. The molecule has 2 aromatic rings. The van der Waals surface area contributed by atoms with Crippen LogP contribution in [-0.2, 0) is 0 Å². The van der Waals surface area contributed by atoms with Crippen LogP contribution in [-0.4, -0.2) is 21.0 Å². The van der Waals surface area contributed by atoms with Gasteiger partial charge in [-0.1, -0.05) is 12.1 Å². The molecule has 0 radical (unpaired) electrons. The number of aromatic carboxylic acids is 1. The number of carboxylic acid groups (broad SMARTS) is 1. The van der Waals surface area contributed by atoms with Crippen molar-refractivity contribution >= 4 is 11.8 Å². The number of halogens is 1. The van der Waals surface area contributed by atoms with Gasteiger partial charge in [-0.05, 0) is 24.6 Å². The highest BCUT2D eigenvalue weighted by atomic mass is 19.1. The molecule has 0 saturated heterocycles. The first kappa shape index (κ1) is 12.9. The number of carboxylic acids is 1. The second kappa shape index (κ2) is 5.43. The Balaban J connectivity index is 2.21. The number of carbonyl (C=O) groups is 1. The van der Waals surface area contributed by atoms with Gasteiger partial charge < -0.3 is 10.4 Å². The van der Waals surface area contributed by atoms with Crippen LogP contribution in [0.25, 0.3) is 0 Å². The van der Waals surface area contributed by atoms with Crippen molar-refractivity contribution < 1.29 is 14.3 Å². The van der Waals surface area contributed by atoms with Gasteiger partial charge >= 0.3 is 5.97 Å². The molecule has 1 heterocycles. The zero-order valence-corrected chi connectivity index (χ0v) is 10.2. The van der Waals surface area contributed by atoms with Gasteiger partial charge in [-0.15, -0.1) is 0 Å². The molecule has 1 atom stereocenters. The Morgan fingerprint density at radius 3 is 2.68 bits per heavy atom. The number of nitrogens with zero attached hydrogens (tertiary/aromatic N) is 2. The van der Waals surface area contributed by atoms with Gasteiger partial charge in [-0.25, -0.2) is 19.2 Å². The van der Waals surface area contributed by atoms with Crippen LogP contribution in [0.1, 0.15) is 28.9 Å². The van der Waals surface area contributed by atoms with Crippen LogP contribution < -0.4 is 5.32 Å². The Labute approximate surface area is 109 Å². The molecule has 0 aliphatic rings. The highest BCUT2D eigenvalue weighted by molar-refractivity contribution is 5.92. The maximum atomic E-state index is 12.8. The first-order valence-corrected chi connectivity index (χ1v) is 5.63. The number of aromatic nitrogens is 2. The summed E-state index contributed by atoms with van der Waals surface area (Å²) in [4.78, 5) is 18.6. The quantitative estimate of drug-likeness (QED) is 0.884. The van der Waals surface area contributed by atoms with Gasteiger partial charge in [-0.2, -0.15) is 0 Å². The van der Waals surface area contributed by atoms with E-state index >= 15 is 0 Å². The van der Waals surface area contributed by atoms with E-state index < -0.39 is 5.97 Å². The summed E-state index contributed by atoms with van der Waals surface area (Å²) in [5.74, 6) is -1.18. The van der Waals surface area contributed by atoms with Crippen molar-refractivity contribution in [1.29, 1.82) is 0 Å². The molecule has 2 N–H and O–H groups in total. The van der Waals surface area contributed by atoms with Crippen LogP contribution >= 0.6 is 0 Å². The van der Waals surface area contributed by atoms with E-state index in [2.05, 4.69) is 15.3 Å². The number of anilines is 1. The molecule has 0 aliphatic heterocycles. The van der Waals surface area contributed by atoms with Crippen LogP contribution in [0.15, 0.2) is 36.8 Å². The van der Waals surface area contributed by atoms with Gasteiger partial charge in [-0.3, -0.25) is 0 Å². The summed E-state index contributed by atoms with van der Waals surface area (Å²) in [7, 11) is 0. The lowest BCUT2D eigenvalue weighted by Crippen LogP contribution is -2.12. The molecule has 0 bridgehead atoms. The van der Waals surface area contributed by atoms with E-state index in [1.807, 2.05) is 6.92 Å². The third-order valence-corrected chi connectivity index (χ3v) is 2.67. The van der Waals surface area contributed by atoms with Gasteiger partial charge in [0.15, 0.2) is 0 Å². The van der Waals surface area contributed by atoms with E-state index in [1.165, 1.54) is 24.7 Å². The van der Waals surface area contributed by atoms with E-state index in [1.54, 1.807) is 12.1 Å². The van der Waals surface area contributed by atoms with Crippen molar-refractivity contribution in [3.63, 3.8) is 0 Å². The van der Waals surface area contributed by atoms with Crippen molar-refractivity contribution in [2.24, 2.45) is 0 Å². The Hall–Kier alpha value is -2.50. The number of hydrogen-bond acceptors (Lipinski definition) is 4. The largest absolute Gasteiger partial charge is 0.477 e. The van der Waals surface area contributed by atoms with Crippen molar-refractivity contribution in [3.8, 4) is 0 Å². The molecule has 19 heavy (non-hydrogen) atoms. The molecule has 0 fully saturated rings. The summed E-state index contributed by atoms with van der Waals surface area (Å²) >= 11 is 0. The predicted molar refractivity (Wildman–Crippen MR) is 67.4 cm³/mol. The molecule has 0 saturated carbocycles. The number of rotatable bonds is 4. The van der Waals surface area contributed by atoms with Gasteiger partial charge in [0.25, 0.3) is 0 Å². The summed E-state index contributed by atoms with van der Waals surface area (Å²) in [6.07, 6.45) is 2.50. The molecule has 0 spiro atoms. The Kier molecular flexibility index (Phi) is 3.70. The van der Waals surface area contributed by atoms with Crippen molar-refractivity contribution in [1.82, 2.24) is 9.97 Å². The molecule has 1 aromatic heterocycles. The zero-order chi connectivity index (χ0) is 13.8. The zero-order valence-electron chi connectivity index (χ0n) is 10.2. The Bertz CT molecular complexity index is 587. The molecule has 1 aromatic carbocycles. The average molecular weight is 261 g/mol. The summed E-state index contributed by atoms with van der Waals surface area (Å²) in [5.41, 5.74) is 0.827. The molecule has 0 aliphatic carbocycles. The number of nitrogens with one attached hydrogen (secondary N) is 1. The van der Waals surface area contributed by atoms with Gasteiger partial charge in [0.05, 0.1) is 0 Å². The summed E-state index contributed by atoms with van der Waals surface area (Å²) in [6.45, 7) is 1.83. The highest BCUT2D eigenvalue weighted by Gasteiger charge is 2.14. The monoisotopic (exact) mass is 261 g/mol. The van der Waals surface area contributed by atoms with Crippen LogP contribution in [0, 0.1) is 5.82 Å². The molecule has 2 rings (SSSR count). The molecule has 98 valence electrons. The summed E-state index contributed by atoms with van der Waals surface area (Å²) < 4.78 is 12.8. The lowest BCUT2D eigenvalue weighted by molar-refractivity contribution is 0.0697. The van der Waals surface area contributed by atoms with E-state index in [4.69, 9.17) is 5.11 Å². The minimum atomic E-state index is -1.10. The molecule has 6 heteroatoms. The Morgan fingerprint density at radius 1 is 1.37 bits per heavy atom. The smallest absolute Gasteiger partial charge is 0.341 e. The normalized spacial score (nSPS) is 11.9. The third kappa shape index (κ3) is 3.04. The lowest BCUT2D eigenvalue weighted by atomic mass is 10.1. The molecular formula is C13H12FN3O2. The summed E-state index contributed by atoms with van der Waals surface area (Å²) in [5, 5.41) is 12.0. The van der Waals surface area contributed by atoms with Crippen LogP contribution in [0.4, 0.5) is 10.2 Å². The van der Waals surface area contributed by atoms with Crippen molar-refractivity contribution in [2.45, 2.75) is 13.0 Å². The molecule has 0 amide bonds. The fraction of sp³-hybridized carbons (Fsp3) is 0.154. The van der Waals surface area contributed by atoms with E-state index in [-0.39, 0.29) is 23.2 Å². The molecular weight excluding hydrogens is 249 g/mol. The fourth-order valence-corrected chi connectivity index (χ4v) is 1.64. The third-order valence-electron chi connectivity index (χ3n) is 2.67.